The van der Waals surface area contributed by atoms with Crippen LogP contribution in [0.5, 0.6) is 0 Å². The molecule has 0 heterocycles. The van der Waals surface area contributed by atoms with E-state index in [1.807, 2.05) is 0 Å². The highest BCUT2D eigenvalue weighted by Gasteiger charge is 2.14. The van der Waals surface area contributed by atoms with Crippen LogP contribution in [-0.2, 0) is 0 Å². The van der Waals surface area contributed by atoms with Crippen molar-refractivity contribution in [1.82, 2.24) is 0 Å². The maximum atomic E-state index is 11.4. The first-order valence-electron chi connectivity index (χ1n) is 1.87. The number of halogens is 4. The average molecular weight is 128 g/mol. The van der Waals surface area contributed by atoms with Crippen LogP contribution < -0.4 is 0 Å². The van der Waals surface area contributed by atoms with Gasteiger partial charge in [0.15, 0.2) is 6.17 Å². The third-order valence-corrected chi connectivity index (χ3v) is 0.497. The highest BCUT2D eigenvalue weighted by atomic mass is 19.3. The summed E-state index contributed by atoms with van der Waals surface area (Å²) in [5.74, 6) is 0. The zero-order valence-electron chi connectivity index (χ0n) is 3.82. The normalized spacial score (nSPS) is 15.6. The van der Waals surface area contributed by atoms with Crippen molar-refractivity contribution in [2.24, 2.45) is 0 Å². The van der Waals surface area contributed by atoms with Crippen LogP contribution in [0.2, 0.25) is 0 Å². The molecule has 0 aliphatic rings. The molecule has 8 heavy (non-hydrogen) atoms. The fourth-order valence-corrected chi connectivity index (χ4v) is 0.153. The second-order valence-electron chi connectivity index (χ2n) is 1.10. The van der Waals surface area contributed by atoms with Gasteiger partial charge >= 0.3 is 0 Å². The van der Waals surface area contributed by atoms with Crippen LogP contribution in [0.3, 0.4) is 0 Å². The molecule has 4 heteroatoms. The Hall–Kier alpha value is -0.540. The zero-order chi connectivity index (χ0) is 6.57. The van der Waals surface area contributed by atoms with Crippen molar-refractivity contribution in [1.29, 1.82) is 0 Å². The highest BCUT2D eigenvalue weighted by molar-refractivity contribution is 4.83. The number of rotatable bonds is 2. The van der Waals surface area contributed by atoms with Gasteiger partial charge in [-0.3, -0.25) is 0 Å². The summed E-state index contributed by atoms with van der Waals surface area (Å²) < 4.78 is 44.3. The van der Waals surface area contributed by atoms with Gasteiger partial charge in [-0.15, -0.1) is 0 Å². The van der Waals surface area contributed by atoms with Crippen molar-refractivity contribution in [3.63, 3.8) is 0 Å². The molecule has 1 atom stereocenters. The summed E-state index contributed by atoms with van der Waals surface area (Å²) in [6.45, 7) is 0. The van der Waals surface area contributed by atoms with Gasteiger partial charge in [0.05, 0.1) is 6.33 Å². The van der Waals surface area contributed by atoms with E-state index < -0.39 is 12.6 Å². The Morgan fingerprint density at radius 3 is 1.75 bits per heavy atom. The molecule has 48 valence electrons. The van der Waals surface area contributed by atoms with Crippen molar-refractivity contribution in [2.75, 3.05) is 0 Å². The summed E-state index contributed by atoms with van der Waals surface area (Å²) in [6.07, 6.45) is -5.68. The monoisotopic (exact) mass is 128 g/mol. The Labute approximate surface area is 43.8 Å². The Kier molecular flexibility index (Phi) is 3.23. The van der Waals surface area contributed by atoms with E-state index in [2.05, 4.69) is 0 Å². The van der Waals surface area contributed by atoms with Crippen LogP contribution in [0.4, 0.5) is 17.6 Å². The minimum atomic E-state index is -3.12. The average Bonchev–Trinajstić information content (AvgIpc) is 1.67. The topological polar surface area (TPSA) is 0 Å². The van der Waals surface area contributed by atoms with Gasteiger partial charge < -0.3 is 0 Å². The van der Waals surface area contributed by atoms with Crippen LogP contribution in [0, 0.1) is 0 Å². The quantitative estimate of drug-likeness (QED) is 0.499. The second-order valence-corrected chi connectivity index (χ2v) is 1.10. The van der Waals surface area contributed by atoms with E-state index in [1.165, 1.54) is 0 Å². The molecule has 0 aromatic carbocycles. The number of allylic oxidation sites excluding steroid dienone is 1. The minimum absolute atomic E-state index is 0.157. The summed E-state index contributed by atoms with van der Waals surface area (Å²) in [4.78, 5) is 0. The number of alkyl halides is 3. The van der Waals surface area contributed by atoms with E-state index in [0.29, 0.717) is 0 Å². The SMILES string of the molecule is F/C=C/C(F)C(F)F. The Morgan fingerprint density at radius 1 is 1.12 bits per heavy atom. The molecule has 0 radical (unpaired) electrons. The molecule has 0 aliphatic carbocycles. The molecule has 0 nitrogen and oxygen atoms in total. The molecule has 0 aromatic rings. The largest absolute Gasteiger partial charge is 0.272 e. The van der Waals surface area contributed by atoms with Gasteiger partial charge in [-0.1, -0.05) is 0 Å². The molecule has 0 aromatic heterocycles. The third-order valence-electron chi connectivity index (χ3n) is 0.497. The fourth-order valence-electron chi connectivity index (χ4n) is 0.153. The van der Waals surface area contributed by atoms with Crippen LogP contribution in [0.25, 0.3) is 0 Å². The van der Waals surface area contributed by atoms with Crippen molar-refractivity contribution in [2.45, 2.75) is 12.6 Å². The van der Waals surface area contributed by atoms with Crippen molar-refractivity contribution >= 4 is 0 Å². The first-order valence-corrected chi connectivity index (χ1v) is 1.87. The predicted octanol–water partition coefficient (Wildman–Crippen LogP) is 2.07. The lowest BCUT2D eigenvalue weighted by Crippen LogP contribution is -2.07. The lowest BCUT2D eigenvalue weighted by molar-refractivity contribution is 0.0745. The first kappa shape index (κ1) is 7.46. The lowest BCUT2D eigenvalue weighted by atomic mass is 10.4. The number of hydrogen-bond donors (Lipinski definition) is 0. The van der Waals surface area contributed by atoms with Gasteiger partial charge in [-0.2, -0.15) is 0 Å². The standard InChI is InChI=1S/C4H4F4/c5-2-1-3(6)4(7)8/h1-4H/b2-1+. The van der Waals surface area contributed by atoms with Gasteiger partial charge in [0.2, 0.25) is 0 Å². The van der Waals surface area contributed by atoms with Gasteiger partial charge in [-0.05, 0) is 6.08 Å². The lowest BCUT2D eigenvalue weighted by Gasteiger charge is -1.95. The van der Waals surface area contributed by atoms with Gasteiger partial charge in [0.1, 0.15) is 0 Å². The van der Waals surface area contributed by atoms with E-state index in [1.54, 1.807) is 0 Å². The molecule has 0 fully saturated rings. The first-order chi connectivity index (χ1) is 3.68. The second kappa shape index (κ2) is 3.46. The molecule has 0 bridgehead atoms. The summed E-state index contributed by atoms with van der Waals surface area (Å²) >= 11 is 0. The molecule has 0 amide bonds. The van der Waals surface area contributed by atoms with E-state index >= 15 is 0 Å². The highest BCUT2D eigenvalue weighted by Crippen LogP contribution is 2.05. The Bertz CT molecular complexity index is 78.1. The summed E-state index contributed by atoms with van der Waals surface area (Å²) in [5.41, 5.74) is 0. The predicted molar refractivity (Wildman–Crippen MR) is 21.1 cm³/mol. The molecule has 0 spiro atoms. The Balaban J connectivity index is 3.47. The minimum Gasteiger partial charge on any atom is -0.237 e. The molecule has 0 N–H and O–H groups in total. The molecule has 0 saturated heterocycles. The smallest absolute Gasteiger partial charge is 0.237 e. The Morgan fingerprint density at radius 2 is 1.62 bits per heavy atom. The molecular formula is C4H4F4. The van der Waals surface area contributed by atoms with Crippen molar-refractivity contribution in [3.05, 3.63) is 12.4 Å². The van der Waals surface area contributed by atoms with E-state index in [4.69, 9.17) is 0 Å². The van der Waals surface area contributed by atoms with Gasteiger partial charge in [0.25, 0.3) is 6.43 Å². The molecule has 1 unspecified atom stereocenters. The van der Waals surface area contributed by atoms with Gasteiger partial charge in [0, 0.05) is 0 Å². The summed E-state index contributed by atoms with van der Waals surface area (Å²) in [5, 5.41) is 0. The maximum Gasteiger partial charge on any atom is 0.272 e. The molecule has 0 rings (SSSR count). The van der Waals surface area contributed by atoms with Gasteiger partial charge in [-0.25, -0.2) is 17.6 Å². The van der Waals surface area contributed by atoms with Crippen LogP contribution in [-0.4, -0.2) is 12.6 Å². The molecular weight excluding hydrogens is 124 g/mol. The van der Waals surface area contributed by atoms with Crippen LogP contribution in [0.1, 0.15) is 0 Å². The van der Waals surface area contributed by atoms with E-state index in [-0.39, 0.29) is 12.4 Å². The molecule has 0 aliphatic heterocycles. The third kappa shape index (κ3) is 2.60. The van der Waals surface area contributed by atoms with E-state index in [9.17, 15) is 17.6 Å². The van der Waals surface area contributed by atoms with Crippen LogP contribution >= 0.6 is 0 Å². The van der Waals surface area contributed by atoms with Crippen molar-refractivity contribution < 1.29 is 17.6 Å². The van der Waals surface area contributed by atoms with Crippen molar-refractivity contribution in [3.8, 4) is 0 Å². The molecule has 0 saturated carbocycles. The van der Waals surface area contributed by atoms with Crippen LogP contribution in [0.15, 0.2) is 12.4 Å². The fraction of sp³-hybridized carbons (Fsp3) is 0.500. The summed E-state index contributed by atoms with van der Waals surface area (Å²) in [6, 6.07) is 0. The summed E-state index contributed by atoms with van der Waals surface area (Å²) in [7, 11) is 0. The maximum absolute atomic E-state index is 11.4. The van der Waals surface area contributed by atoms with E-state index in [0.717, 1.165) is 0 Å². The zero-order valence-corrected chi connectivity index (χ0v) is 3.82. The number of hydrogen-bond acceptors (Lipinski definition) is 0.